The van der Waals surface area contributed by atoms with Crippen LogP contribution >= 0.6 is 22.9 Å². The van der Waals surface area contributed by atoms with Crippen LogP contribution in [0.5, 0.6) is 0 Å². The van der Waals surface area contributed by atoms with E-state index in [1.807, 2.05) is 38.2 Å². The average Bonchev–Trinajstić information content (AvgIpc) is 3.55. The number of para-hydroxylation sites is 1. The molecular weight excluding hydrogens is 518 g/mol. The molecule has 2 heterocycles. The molecule has 4 aromatic rings. The predicted molar refractivity (Wildman–Crippen MR) is 144 cm³/mol. The number of rotatable bonds is 11. The van der Waals surface area contributed by atoms with Crippen molar-refractivity contribution in [2.24, 2.45) is 0 Å². The van der Waals surface area contributed by atoms with E-state index in [1.165, 1.54) is 27.8 Å². The Bertz CT molecular complexity index is 1410. The van der Waals surface area contributed by atoms with E-state index >= 15 is 0 Å². The SMILES string of the molecule is CCCN(CCC)S(=O)(=O)c1ccc(C(=O)N(CCn2cccn2)c2nc3c(Cl)cccc3s2)cc1. The van der Waals surface area contributed by atoms with Gasteiger partial charge in [-0.05, 0) is 55.3 Å². The van der Waals surface area contributed by atoms with E-state index < -0.39 is 10.0 Å². The van der Waals surface area contributed by atoms with Gasteiger partial charge < -0.3 is 0 Å². The molecule has 8 nitrogen and oxygen atoms in total. The second-order valence-corrected chi connectivity index (χ2v) is 11.6. The number of thiazole rings is 1. The van der Waals surface area contributed by atoms with Crippen molar-refractivity contribution in [3.63, 3.8) is 0 Å². The predicted octanol–water partition coefficient (Wildman–Crippen LogP) is 5.30. The first kappa shape index (κ1) is 26.3. The standard InChI is InChI=1S/C25H28ClN5O3S2/c1-3-14-30(15-4-2)36(33,34)20-11-9-19(10-12-20)24(32)31(18-17-29-16-6-13-27-29)25-28-23-21(26)7-5-8-22(23)35-25/h5-13,16H,3-4,14-15,17-18H2,1-2H3. The number of carbonyl (C=O) groups is 1. The normalized spacial score (nSPS) is 11.9. The van der Waals surface area contributed by atoms with Crippen molar-refractivity contribution in [3.05, 3.63) is 71.5 Å². The van der Waals surface area contributed by atoms with Crippen molar-refractivity contribution in [1.82, 2.24) is 19.1 Å². The summed E-state index contributed by atoms with van der Waals surface area (Å²) in [4.78, 5) is 20.0. The molecule has 36 heavy (non-hydrogen) atoms. The Kier molecular flexibility index (Phi) is 8.40. The van der Waals surface area contributed by atoms with Crippen LogP contribution in [0, 0.1) is 0 Å². The van der Waals surface area contributed by atoms with E-state index in [0.717, 1.165) is 17.5 Å². The lowest BCUT2D eigenvalue weighted by molar-refractivity contribution is 0.0985. The Hall–Kier alpha value is -2.79. The van der Waals surface area contributed by atoms with Gasteiger partial charge in [-0.25, -0.2) is 13.4 Å². The third-order valence-electron chi connectivity index (χ3n) is 5.63. The number of carbonyl (C=O) groups excluding carboxylic acids is 1. The van der Waals surface area contributed by atoms with Crippen LogP contribution in [-0.4, -0.2) is 53.0 Å². The lowest BCUT2D eigenvalue weighted by atomic mass is 10.2. The number of sulfonamides is 1. The summed E-state index contributed by atoms with van der Waals surface area (Å²) in [5.41, 5.74) is 1.02. The summed E-state index contributed by atoms with van der Waals surface area (Å²) in [6, 6.07) is 13.5. The zero-order valence-corrected chi connectivity index (χ0v) is 22.6. The van der Waals surface area contributed by atoms with Gasteiger partial charge in [0.15, 0.2) is 5.13 Å². The number of hydrogen-bond acceptors (Lipinski definition) is 6. The number of benzene rings is 2. The number of nitrogens with zero attached hydrogens (tertiary/aromatic N) is 5. The molecule has 0 fully saturated rings. The van der Waals surface area contributed by atoms with Crippen LogP contribution in [0.2, 0.25) is 5.02 Å². The molecule has 2 aromatic carbocycles. The fourth-order valence-electron chi connectivity index (χ4n) is 3.86. The molecule has 190 valence electrons. The second-order valence-electron chi connectivity index (χ2n) is 8.24. The minimum Gasteiger partial charge on any atom is -0.282 e. The highest BCUT2D eigenvalue weighted by molar-refractivity contribution is 7.89. The lowest BCUT2D eigenvalue weighted by Gasteiger charge is -2.22. The number of halogens is 1. The van der Waals surface area contributed by atoms with Gasteiger partial charge in [0.05, 0.1) is 21.2 Å². The molecule has 0 spiro atoms. The number of fused-ring (bicyclic) bond motifs is 1. The molecule has 2 aromatic heterocycles. The van der Waals surface area contributed by atoms with E-state index in [4.69, 9.17) is 11.6 Å². The maximum Gasteiger partial charge on any atom is 0.260 e. The van der Waals surface area contributed by atoms with Gasteiger partial charge in [-0.2, -0.15) is 9.40 Å². The largest absolute Gasteiger partial charge is 0.282 e. The molecule has 11 heteroatoms. The van der Waals surface area contributed by atoms with E-state index in [2.05, 4.69) is 10.1 Å². The zero-order chi connectivity index (χ0) is 25.7. The topological polar surface area (TPSA) is 88.4 Å². The van der Waals surface area contributed by atoms with Gasteiger partial charge in [-0.3, -0.25) is 14.4 Å². The first-order valence-corrected chi connectivity index (χ1v) is 14.4. The fraction of sp³-hybridized carbons (Fsp3) is 0.320. The van der Waals surface area contributed by atoms with Gasteiger partial charge in [-0.15, -0.1) is 0 Å². The van der Waals surface area contributed by atoms with Crippen LogP contribution in [0.4, 0.5) is 5.13 Å². The Morgan fingerprint density at radius 3 is 2.36 bits per heavy atom. The number of aromatic nitrogens is 3. The lowest BCUT2D eigenvalue weighted by Crippen LogP contribution is -2.34. The smallest absolute Gasteiger partial charge is 0.260 e. The molecule has 1 amide bonds. The molecule has 0 aliphatic carbocycles. The highest BCUT2D eigenvalue weighted by Crippen LogP contribution is 2.33. The molecular formula is C25H28ClN5O3S2. The van der Waals surface area contributed by atoms with Crippen LogP contribution in [0.15, 0.2) is 65.8 Å². The van der Waals surface area contributed by atoms with Crippen LogP contribution in [0.25, 0.3) is 10.2 Å². The Labute approximate surface area is 220 Å². The molecule has 0 N–H and O–H groups in total. The highest BCUT2D eigenvalue weighted by atomic mass is 35.5. The Balaban J connectivity index is 1.64. The molecule has 0 saturated carbocycles. The average molecular weight is 546 g/mol. The Morgan fingerprint density at radius 2 is 1.75 bits per heavy atom. The van der Waals surface area contributed by atoms with Gasteiger partial charge >= 0.3 is 0 Å². The number of anilines is 1. The summed E-state index contributed by atoms with van der Waals surface area (Å²) in [5.74, 6) is -0.278. The van der Waals surface area contributed by atoms with Gasteiger partial charge in [0.1, 0.15) is 5.52 Å². The van der Waals surface area contributed by atoms with Crippen molar-refractivity contribution in [2.45, 2.75) is 38.1 Å². The quantitative estimate of drug-likeness (QED) is 0.255. The van der Waals surface area contributed by atoms with Gasteiger partial charge in [0.2, 0.25) is 10.0 Å². The summed E-state index contributed by atoms with van der Waals surface area (Å²) < 4.78 is 30.3. The molecule has 0 atom stereocenters. The molecule has 4 rings (SSSR count). The molecule has 0 bridgehead atoms. The minimum absolute atomic E-state index is 0.177. The molecule has 0 radical (unpaired) electrons. The van der Waals surface area contributed by atoms with Gasteiger partial charge in [-0.1, -0.05) is 42.9 Å². The van der Waals surface area contributed by atoms with Gasteiger partial charge in [0, 0.05) is 37.6 Å². The third-order valence-corrected chi connectivity index (χ3v) is 8.89. The van der Waals surface area contributed by atoms with Crippen LogP contribution in [0.3, 0.4) is 0 Å². The fourth-order valence-corrected chi connectivity index (χ4v) is 6.78. The van der Waals surface area contributed by atoms with Crippen LogP contribution < -0.4 is 4.90 Å². The molecule has 0 aliphatic heterocycles. The summed E-state index contributed by atoms with van der Waals surface area (Å²) in [6.45, 7) is 5.62. The number of hydrogen-bond donors (Lipinski definition) is 0. The number of amides is 1. The monoisotopic (exact) mass is 545 g/mol. The molecule has 0 unspecified atom stereocenters. The van der Waals surface area contributed by atoms with Crippen molar-refractivity contribution < 1.29 is 13.2 Å². The maximum atomic E-state index is 13.6. The second kappa shape index (κ2) is 11.5. The minimum atomic E-state index is -3.63. The van der Waals surface area contributed by atoms with Crippen LogP contribution in [-0.2, 0) is 16.6 Å². The maximum absolute atomic E-state index is 13.6. The van der Waals surface area contributed by atoms with E-state index in [-0.39, 0.29) is 10.8 Å². The third kappa shape index (κ3) is 5.62. The molecule has 0 aliphatic rings. The summed E-state index contributed by atoms with van der Waals surface area (Å²) >= 11 is 7.71. The van der Waals surface area contributed by atoms with Crippen molar-refractivity contribution >= 4 is 54.2 Å². The van der Waals surface area contributed by atoms with E-state index in [9.17, 15) is 13.2 Å². The highest BCUT2D eigenvalue weighted by Gasteiger charge is 2.25. The summed E-state index contributed by atoms with van der Waals surface area (Å²) in [7, 11) is -3.63. The van der Waals surface area contributed by atoms with E-state index in [0.29, 0.717) is 47.4 Å². The molecule has 0 saturated heterocycles. The Morgan fingerprint density at radius 1 is 1.03 bits per heavy atom. The van der Waals surface area contributed by atoms with Crippen LogP contribution in [0.1, 0.15) is 37.0 Å². The van der Waals surface area contributed by atoms with E-state index in [1.54, 1.807) is 34.0 Å². The summed E-state index contributed by atoms with van der Waals surface area (Å²) in [6.07, 6.45) is 4.97. The first-order chi connectivity index (χ1) is 17.3. The van der Waals surface area contributed by atoms with Gasteiger partial charge in [0.25, 0.3) is 5.91 Å². The van der Waals surface area contributed by atoms with Crippen molar-refractivity contribution in [3.8, 4) is 0 Å². The van der Waals surface area contributed by atoms with Crippen molar-refractivity contribution in [2.75, 3.05) is 24.5 Å². The zero-order valence-electron chi connectivity index (χ0n) is 20.2. The van der Waals surface area contributed by atoms with Crippen molar-refractivity contribution in [1.29, 1.82) is 0 Å². The summed E-state index contributed by atoms with van der Waals surface area (Å²) in [5, 5.41) is 5.26. The first-order valence-electron chi connectivity index (χ1n) is 11.8.